The van der Waals surface area contributed by atoms with E-state index in [1.165, 1.54) is 4.90 Å². The highest BCUT2D eigenvalue weighted by molar-refractivity contribution is 5.69. The first-order chi connectivity index (χ1) is 13.0. The monoisotopic (exact) mass is 364 g/mol. The number of hydrogen-bond donors (Lipinski definition) is 2. The lowest BCUT2D eigenvalue weighted by molar-refractivity contribution is 0.155. The van der Waals surface area contributed by atoms with Crippen molar-refractivity contribution in [2.75, 3.05) is 18.4 Å². The number of anilines is 1. The van der Waals surface area contributed by atoms with Crippen LogP contribution < -0.4 is 10.9 Å². The third-order valence-electron chi connectivity index (χ3n) is 4.92. The van der Waals surface area contributed by atoms with Gasteiger partial charge in [0.1, 0.15) is 5.65 Å². The second kappa shape index (κ2) is 6.75. The van der Waals surface area contributed by atoms with Gasteiger partial charge in [-0.3, -0.25) is 9.20 Å². The van der Waals surface area contributed by atoms with E-state index in [9.17, 15) is 9.59 Å². The molecule has 4 rings (SSSR count). The van der Waals surface area contributed by atoms with E-state index < -0.39 is 6.09 Å². The van der Waals surface area contributed by atoms with Gasteiger partial charge in [-0.15, -0.1) is 0 Å². The zero-order valence-corrected chi connectivity index (χ0v) is 14.9. The average molecular weight is 364 g/mol. The van der Waals surface area contributed by atoms with E-state index in [2.05, 4.69) is 10.3 Å². The summed E-state index contributed by atoms with van der Waals surface area (Å²) < 4.78 is 1.55. The molecule has 1 unspecified atom stereocenters. The second-order valence-corrected chi connectivity index (χ2v) is 6.74. The summed E-state index contributed by atoms with van der Waals surface area (Å²) in [5.41, 5.74) is 3.54. The summed E-state index contributed by atoms with van der Waals surface area (Å²) in [6.07, 6.45) is 1.62. The SMILES string of the molecule is Cc1nc2ccccn2c(=O)c1-c1ccc(NC2CCN(C(=O)O)C2)cc1. The molecule has 7 nitrogen and oxygen atoms in total. The number of nitrogens with one attached hydrogen (secondary N) is 1. The molecule has 0 saturated carbocycles. The van der Waals surface area contributed by atoms with Crippen LogP contribution in [-0.4, -0.2) is 44.6 Å². The molecule has 1 amide bonds. The molecule has 0 bridgehead atoms. The van der Waals surface area contributed by atoms with Crippen molar-refractivity contribution < 1.29 is 9.90 Å². The highest BCUT2D eigenvalue weighted by Crippen LogP contribution is 2.23. The summed E-state index contributed by atoms with van der Waals surface area (Å²) in [5.74, 6) is 0. The van der Waals surface area contributed by atoms with Gasteiger partial charge < -0.3 is 15.3 Å². The van der Waals surface area contributed by atoms with Crippen LogP contribution in [0.4, 0.5) is 10.5 Å². The fourth-order valence-electron chi connectivity index (χ4n) is 3.55. The fraction of sp³-hybridized carbons (Fsp3) is 0.250. The summed E-state index contributed by atoms with van der Waals surface area (Å²) in [7, 11) is 0. The molecule has 1 atom stereocenters. The van der Waals surface area contributed by atoms with Gasteiger partial charge in [-0.05, 0) is 43.2 Å². The summed E-state index contributed by atoms with van der Waals surface area (Å²) in [6, 6.07) is 13.2. The molecule has 27 heavy (non-hydrogen) atoms. The van der Waals surface area contributed by atoms with E-state index in [1.54, 1.807) is 10.6 Å². The van der Waals surface area contributed by atoms with Gasteiger partial charge >= 0.3 is 6.09 Å². The van der Waals surface area contributed by atoms with E-state index in [0.29, 0.717) is 30.0 Å². The first-order valence-corrected chi connectivity index (χ1v) is 8.86. The molecular weight excluding hydrogens is 344 g/mol. The highest BCUT2D eigenvalue weighted by Gasteiger charge is 2.25. The smallest absolute Gasteiger partial charge is 0.407 e. The Labute approximate surface area is 155 Å². The van der Waals surface area contributed by atoms with Gasteiger partial charge in [-0.25, -0.2) is 9.78 Å². The maximum Gasteiger partial charge on any atom is 0.407 e. The van der Waals surface area contributed by atoms with Gasteiger partial charge in [0.2, 0.25) is 0 Å². The maximum atomic E-state index is 12.9. The lowest BCUT2D eigenvalue weighted by atomic mass is 10.0. The van der Waals surface area contributed by atoms with Gasteiger partial charge in [0, 0.05) is 31.0 Å². The van der Waals surface area contributed by atoms with E-state index in [4.69, 9.17) is 5.11 Å². The lowest BCUT2D eigenvalue weighted by Crippen LogP contribution is -2.30. The molecule has 3 aromatic rings. The minimum Gasteiger partial charge on any atom is -0.465 e. The molecule has 3 heterocycles. The van der Waals surface area contributed by atoms with Crippen molar-refractivity contribution in [1.82, 2.24) is 14.3 Å². The van der Waals surface area contributed by atoms with Crippen molar-refractivity contribution in [3.8, 4) is 11.1 Å². The predicted octanol–water partition coefficient (Wildman–Crippen LogP) is 2.83. The molecule has 2 N–H and O–H groups in total. The molecule has 1 aliphatic rings. The van der Waals surface area contributed by atoms with Crippen LogP contribution in [0.1, 0.15) is 12.1 Å². The minimum absolute atomic E-state index is 0.0910. The van der Waals surface area contributed by atoms with Crippen LogP contribution in [0.25, 0.3) is 16.8 Å². The molecule has 1 saturated heterocycles. The Morgan fingerprint density at radius 1 is 1.22 bits per heavy atom. The third kappa shape index (κ3) is 3.23. The zero-order valence-electron chi connectivity index (χ0n) is 14.9. The highest BCUT2D eigenvalue weighted by atomic mass is 16.4. The Bertz CT molecular complexity index is 1060. The summed E-state index contributed by atoms with van der Waals surface area (Å²) in [6.45, 7) is 2.87. The van der Waals surface area contributed by atoms with Crippen molar-refractivity contribution in [3.05, 3.63) is 64.7 Å². The van der Waals surface area contributed by atoms with Crippen LogP contribution in [0.3, 0.4) is 0 Å². The van der Waals surface area contributed by atoms with E-state index in [0.717, 1.165) is 17.7 Å². The number of hydrogen-bond acceptors (Lipinski definition) is 4. The number of benzene rings is 1. The number of pyridine rings is 1. The Balaban J connectivity index is 1.59. The number of rotatable bonds is 3. The number of aromatic nitrogens is 2. The summed E-state index contributed by atoms with van der Waals surface area (Å²) >= 11 is 0. The van der Waals surface area contributed by atoms with Crippen LogP contribution in [0, 0.1) is 6.92 Å². The molecular formula is C20H20N4O3. The standard InChI is InChI=1S/C20H20N4O3/c1-13-18(19(25)24-10-3-2-4-17(24)21-13)14-5-7-15(8-6-14)22-16-9-11-23(12-16)20(26)27/h2-8,10,16,22H,9,11-12H2,1H3,(H,26,27). The molecule has 1 aromatic carbocycles. The second-order valence-electron chi connectivity index (χ2n) is 6.74. The first-order valence-electron chi connectivity index (χ1n) is 8.86. The molecule has 0 aliphatic carbocycles. The molecule has 138 valence electrons. The van der Waals surface area contributed by atoms with Crippen molar-refractivity contribution in [3.63, 3.8) is 0 Å². The topological polar surface area (TPSA) is 86.9 Å². The lowest BCUT2D eigenvalue weighted by Gasteiger charge is -2.15. The molecule has 0 spiro atoms. The van der Waals surface area contributed by atoms with Crippen LogP contribution >= 0.6 is 0 Å². The van der Waals surface area contributed by atoms with Crippen LogP contribution in [0.2, 0.25) is 0 Å². The predicted molar refractivity (Wildman–Crippen MR) is 103 cm³/mol. The van der Waals surface area contributed by atoms with Crippen LogP contribution in [0.5, 0.6) is 0 Å². The maximum absolute atomic E-state index is 12.9. The number of amides is 1. The Morgan fingerprint density at radius 3 is 2.70 bits per heavy atom. The normalized spacial score (nSPS) is 16.6. The number of carboxylic acid groups (broad SMARTS) is 1. The molecule has 0 radical (unpaired) electrons. The van der Waals surface area contributed by atoms with Gasteiger partial charge in [-0.2, -0.15) is 0 Å². The largest absolute Gasteiger partial charge is 0.465 e. The van der Waals surface area contributed by atoms with Crippen molar-refractivity contribution in [2.24, 2.45) is 0 Å². The number of likely N-dealkylation sites (tertiary alicyclic amines) is 1. The van der Waals surface area contributed by atoms with Gasteiger partial charge in [0.15, 0.2) is 0 Å². The average Bonchev–Trinajstić information content (AvgIpc) is 3.12. The summed E-state index contributed by atoms with van der Waals surface area (Å²) in [5, 5.41) is 12.4. The number of aryl methyl sites for hydroxylation is 1. The van der Waals surface area contributed by atoms with Crippen molar-refractivity contribution in [1.29, 1.82) is 0 Å². The van der Waals surface area contributed by atoms with E-state index in [-0.39, 0.29) is 11.6 Å². The van der Waals surface area contributed by atoms with Crippen molar-refractivity contribution in [2.45, 2.75) is 19.4 Å². The van der Waals surface area contributed by atoms with Crippen LogP contribution in [0.15, 0.2) is 53.5 Å². The number of nitrogens with zero attached hydrogens (tertiary/aromatic N) is 3. The Kier molecular flexibility index (Phi) is 4.27. The molecule has 7 heteroatoms. The van der Waals surface area contributed by atoms with E-state index in [1.807, 2.05) is 49.4 Å². The minimum atomic E-state index is -0.880. The Hall–Kier alpha value is -3.35. The summed E-state index contributed by atoms with van der Waals surface area (Å²) in [4.78, 5) is 29.8. The quantitative estimate of drug-likeness (QED) is 0.746. The number of fused-ring (bicyclic) bond motifs is 1. The van der Waals surface area contributed by atoms with Gasteiger partial charge in [-0.1, -0.05) is 18.2 Å². The van der Waals surface area contributed by atoms with Crippen molar-refractivity contribution >= 4 is 17.4 Å². The van der Waals surface area contributed by atoms with Gasteiger partial charge in [0.25, 0.3) is 5.56 Å². The molecule has 2 aromatic heterocycles. The first kappa shape index (κ1) is 17.1. The molecule has 1 fully saturated rings. The zero-order chi connectivity index (χ0) is 19.0. The van der Waals surface area contributed by atoms with Gasteiger partial charge in [0.05, 0.1) is 11.3 Å². The Morgan fingerprint density at radius 2 is 2.00 bits per heavy atom. The molecule has 1 aliphatic heterocycles. The fourth-order valence-corrected chi connectivity index (χ4v) is 3.55. The third-order valence-corrected chi connectivity index (χ3v) is 4.92. The number of carbonyl (C=O) groups is 1. The van der Waals surface area contributed by atoms with Crippen LogP contribution in [-0.2, 0) is 0 Å². The van der Waals surface area contributed by atoms with E-state index >= 15 is 0 Å².